The van der Waals surface area contributed by atoms with Crippen molar-refractivity contribution in [2.75, 3.05) is 13.7 Å². The molecule has 1 saturated heterocycles. The molecular formula is C13H10IN3O4. The van der Waals surface area contributed by atoms with E-state index in [-0.39, 0.29) is 12.3 Å². The van der Waals surface area contributed by atoms with Gasteiger partial charge in [-0.15, -0.1) is 0 Å². The summed E-state index contributed by atoms with van der Waals surface area (Å²) in [7, 11) is 1.48. The number of nitrogens with one attached hydrogen (secondary N) is 2. The van der Waals surface area contributed by atoms with Gasteiger partial charge in [0.1, 0.15) is 11.8 Å². The van der Waals surface area contributed by atoms with Crippen molar-refractivity contribution >= 4 is 40.6 Å². The molecular weight excluding hydrogens is 389 g/mol. The maximum Gasteiger partial charge on any atom is 0.326 e. The lowest BCUT2D eigenvalue weighted by Gasteiger charge is -2.11. The van der Waals surface area contributed by atoms with Crippen LogP contribution in [0.25, 0.3) is 6.08 Å². The van der Waals surface area contributed by atoms with E-state index in [2.05, 4.69) is 10.6 Å². The fourth-order valence-corrected chi connectivity index (χ4v) is 2.50. The molecule has 2 rings (SSSR count). The highest BCUT2D eigenvalue weighted by molar-refractivity contribution is 14.1. The number of urea groups is 1. The van der Waals surface area contributed by atoms with Gasteiger partial charge in [-0.2, -0.15) is 5.26 Å². The van der Waals surface area contributed by atoms with Gasteiger partial charge in [-0.1, -0.05) is 0 Å². The van der Waals surface area contributed by atoms with E-state index in [4.69, 9.17) is 14.7 Å². The largest absolute Gasteiger partial charge is 0.493 e. The minimum Gasteiger partial charge on any atom is -0.493 e. The summed E-state index contributed by atoms with van der Waals surface area (Å²) in [6.45, 7) is -0.0920. The molecule has 0 unspecified atom stereocenters. The Morgan fingerprint density at radius 1 is 1.38 bits per heavy atom. The molecule has 8 heteroatoms. The molecule has 0 radical (unpaired) electrons. The Kier molecular flexibility index (Phi) is 4.64. The second-order valence-corrected chi connectivity index (χ2v) is 5.11. The number of halogens is 1. The summed E-state index contributed by atoms with van der Waals surface area (Å²) >= 11 is 2.04. The van der Waals surface area contributed by atoms with Gasteiger partial charge >= 0.3 is 6.03 Å². The van der Waals surface area contributed by atoms with Crippen LogP contribution >= 0.6 is 22.6 Å². The number of hydrogen-bond donors (Lipinski definition) is 2. The van der Waals surface area contributed by atoms with E-state index < -0.39 is 11.9 Å². The number of rotatable bonds is 4. The van der Waals surface area contributed by atoms with Crippen LogP contribution in [0, 0.1) is 14.9 Å². The van der Waals surface area contributed by atoms with Crippen molar-refractivity contribution < 1.29 is 19.1 Å². The van der Waals surface area contributed by atoms with Gasteiger partial charge in [0, 0.05) is 0 Å². The molecule has 7 nitrogen and oxygen atoms in total. The highest BCUT2D eigenvalue weighted by Crippen LogP contribution is 2.34. The minimum atomic E-state index is -0.554. The molecule has 1 aromatic rings. The first-order valence-electron chi connectivity index (χ1n) is 5.76. The lowest BCUT2D eigenvalue weighted by Crippen LogP contribution is -2.22. The monoisotopic (exact) mass is 399 g/mol. The first kappa shape index (κ1) is 15.1. The number of amides is 3. The van der Waals surface area contributed by atoms with Gasteiger partial charge in [0.15, 0.2) is 18.1 Å². The van der Waals surface area contributed by atoms with Crippen LogP contribution in [0.15, 0.2) is 17.8 Å². The lowest BCUT2D eigenvalue weighted by atomic mass is 10.1. The Bertz CT molecular complexity index is 679. The number of carbonyl (C=O) groups is 2. The smallest absolute Gasteiger partial charge is 0.326 e. The molecule has 1 heterocycles. The maximum atomic E-state index is 11.5. The van der Waals surface area contributed by atoms with Crippen LogP contribution in [0.5, 0.6) is 11.5 Å². The number of imide groups is 1. The van der Waals surface area contributed by atoms with Crippen molar-refractivity contribution in [1.29, 1.82) is 5.26 Å². The number of methoxy groups -OCH3 is 1. The van der Waals surface area contributed by atoms with Gasteiger partial charge < -0.3 is 14.8 Å². The first-order chi connectivity index (χ1) is 10.0. The molecule has 1 fully saturated rings. The highest BCUT2D eigenvalue weighted by Gasteiger charge is 2.23. The minimum absolute atomic E-state index is 0.0920. The van der Waals surface area contributed by atoms with Crippen molar-refractivity contribution in [2.45, 2.75) is 0 Å². The molecule has 1 aromatic carbocycles. The van der Waals surface area contributed by atoms with Crippen LogP contribution < -0.4 is 20.1 Å². The van der Waals surface area contributed by atoms with Crippen LogP contribution in [0.1, 0.15) is 5.56 Å². The molecule has 0 aromatic heterocycles. The van der Waals surface area contributed by atoms with E-state index in [0.29, 0.717) is 17.1 Å². The third kappa shape index (κ3) is 3.43. The number of nitriles is 1. The van der Waals surface area contributed by atoms with Gasteiger partial charge in [-0.3, -0.25) is 10.1 Å². The van der Waals surface area contributed by atoms with Crippen LogP contribution in [0.2, 0.25) is 0 Å². The van der Waals surface area contributed by atoms with Gasteiger partial charge in [-0.25, -0.2) is 4.79 Å². The molecule has 0 spiro atoms. The summed E-state index contributed by atoms with van der Waals surface area (Å²) in [6, 6.07) is 4.73. The number of benzene rings is 1. The Hall–Kier alpha value is -2.28. The normalized spacial score (nSPS) is 15.4. The van der Waals surface area contributed by atoms with E-state index in [9.17, 15) is 9.59 Å². The third-order valence-corrected chi connectivity index (χ3v) is 3.37. The molecule has 0 aliphatic carbocycles. The summed E-state index contributed by atoms with van der Waals surface area (Å²) in [5, 5.41) is 13.1. The zero-order valence-electron chi connectivity index (χ0n) is 10.9. The topological polar surface area (TPSA) is 100 Å². The Morgan fingerprint density at radius 2 is 2.14 bits per heavy atom. The van der Waals surface area contributed by atoms with E-state index in [1.807, 2.05) is 28.7 Å². The van der Waals surface area contributed by atoms with E-state index in [1.165, 1.54) is 13.2 Å². The standard InChI is InChI=1S/C13H10IN3O4/c1-20-10-6-7(4-8(14)11(10)21-3-2-15)5-9-12(18)17-13(19)16-9/h4-6H,3H2,1H3,(H2,16,17,18,19)/b9-5-. The summed E-state index contributed by atoms with van der Waals surface area (Å²) in [5.74, 6) is 0.411. The molecule has 1 aliphatic heterocycles. The fraction of sp³-hybridized carbons (Fsp3) is 0.154. The molecule has 2 N–H and O–H groups in total. The van der Waals surface area contributed by atoms with Crippen LogP contribution in [0.3, 0.4) is 0 Å². The van der Waals surface area contributed by atoms with Crippen molar-refractivity contribution in [3.05, 3.63) is 27.0 Å². The van der Waals surface area contributed by atoms with Gasteiger partial charge in [-0.05, 0) is 46.4 Å². The number of nitrogens with zero attached hydrogens (tertiary/aromatic N) is 1. The zero-order chi connectivity index (χ0) is 15.4. The number of carbonyl (C=O) groups excluding carboxylic acids is 2. The van der Waals surface area contributed by atoms with E-state index in [0.717, 1.165) is 3.57 Å². The second-order valence-electron chi connectivity index (χ2n) is 3.95. The average Bonchev–Trinajstić information content (AvgIpc) is 2.75. The summed E-state index contributed by atoms with van der Waals surface area (Å²) in [6.07, 6.45) is 1.53. The van der Waals surface area contributed by atoms with Crippen molar-refractivity contribution in [3.8, 4) is 17.6 Å². The fourth-order valence-electron chi connectivity index (χ4n) is 1.72. The molecule has 3 amide bonds. The summed E-state index contributed by atoms with van der Waals surface area (Å²) in [4.78, 5) is 22.5. The molecule has 108 valence electrons. The lowest BCUT2D eigenvalue weighted by molar-refractivity contribution is -0.115. The van der Waals surface area contributed by atoms with Gasteiger partial charge in [0.05, 0.1) is 10.7 Å². The van der Waals surface area contributed by atoms with Crippen LogP contribution in [0.4, 0.5) is 4.79 Å². The zero-order valence-corrected chi connectivity index (χ0v) is 13.1. The predicted octanol–water partition coefficient (Wildman–Crippen LogP) is 1.38. The predicted molar refractivity (Wildman–Crippen MR) is 81.5 cm³/mol. The van der Waals surface area contributed by atoms with Crippen LogP contribution in [-0.2, 0) is 4.79 Å². The Morgan fingerprint density at radius 3 is 2.71 bits per heavy atom. The van der Waals surface area contributed by atoms with Crippen molar-refractivity contribution in [2.24, 2.45) is 0 Å². The molecule has 1 aliphatic rings. The average molecular weight is 399 g/mol. The van der Waals surface area contributed by atoms with Gasteiger partial charge in [0.25, 0.3) is 5.91 Å². The van der Waals surface area contributed by atoms with Crippen molar-refractivity contribution in [1.82, 2.24) is 10.6 Å². The number of ether oxygens (including phenoxy) is 2. The first-order valence-corrected chi connectivity index (χ1v) is 6.84. The van der Waals surface area contributed by atoms with Crippen molar-refractivity contribution in [3.63, 3.8) is 0 Å². The summed E-state index contributed by atoms with van der Waals surface area (Å²) < 4.78 is 11.2. The second kappa shape index (κ2) is 6.45. The van der Waals surface area contributed by atoms with Gasteiger partial charge in [0.2, 0.25) is 0 Å². The van der Waals surface area contributed by atoms with E-state index >= 15 is 0 Å². The molecule has 0 bridgehead atoms. The number of hydrogen-bond acceptors (Lipinski definition) is 5. The quantitative estimate of drug-likeness (QED) is 0.453. The maximum absolute atomic E-state index is 11.5. The molecule has 0 atom stereocenters. The Balaban J connectivity index is 2.37. The highest BCUT2D eigenvalue weighted by atomic mass is 127. The third-order valence-electron chi connectivity index (χ3n) is 2.56. The summed E-state index contributed by atoms with van der Waals surface area (Å²) in [5.41, 5.74) is 0.816. The van der Waals surface area contributed by atoms with E-state index in [1.54, 1.807) is 12.1 Å². The SMILES string of the molecule is COc1cc(/C=C2\NC(=O)NC2=O)cc(I)c1OCC#N. The molecule has 21 heavy (non-hydrogen) atoms. The van der Waals surface area contributed by atoms with Crippen LogP contribution in [-0.4, -0.2) is 25.7 Å². The molecule has 0 saturated carbocycles. The Labute approximate surface area is 134 Å².